The highest BCUT2D eigenvalue weighted by Crippen LogP contribution is 2.58. The molecule has 0 aliphatic heterocycles. The van der Waals surface area contributed by atoms with E-state index < -0.39 is 0 Å². The molecule has 0 aromatic heterocycles. The van der Waals surface area contributed by atoms with Crippen LogP contribution in [0.2, 0.25) is 5.02 Å². The average molecular weight is 427 g/mol. The SMILES string of the molecule is [C-]#[N+]c1ccc(OC2C(C)(C)C(N(CCO)C(=O)c3ccccc3)C2(C)C)cc1Cl. The summed E-state index contributed by atoms with van der Waals surface area (Å²) in [5, 5.41) is 10.0. The summed E-state index contributed by atoms with van der Waals surface area (Å²) in [6.45, 7) is 15.6. The number of carbonyl (C=O) groups excluding carboxylic acids is 1. The maximum atomic E-state index is 13.3. The third kappa shape index (κ3) is 3.78. The van der Waals surface area contributed by atoms with Gasteiger partial charge in [0.15, 0.2) is 0 Å². The minimum Gasteiger partial charge on any atom is -0.489 e. The summed E-state index contributed by atoms with van der Waals surface area (Å²) in [6, 6.07) is 14.1. The maximum Gasteiger partial charge on any atom is 0.254 e. The lowest BCUT2D eigenvalue weighted by molar-refractivity contribution is -0.200. The van der Waals surface area contributed by atoms with Crippen molar-refractivity contribution in [2.45, 2.75) is 39.8 Å². The van der Waals surface area contributed by atoms with E-state index in [4.69, 9.17) is 22.9 Å². The Morgan fingerprint density at radius 2 is 1.80 bits per heavy atom. The molecule has 3 rings (SSSR count). The number of carbonyl (C=O) groups is 1. The lowest BCUT2D eigenvalue weighted by atomic mass is 9.48. The highest BCUT2D eigenvalue weighted by molar-refractivity contribution is 6.33. The lowest BCUT2D eigenvalue weighted by Crippen LogP contribution is -2.75. The summed E-state index contributed by atoms with van der Waals surface area (Å²) >= 11 is 6.17. The first-order valence-corrected chi connectivity index (χ1v) is 10.3. The minimum atomic E-state index is -0.367. The van der Waals surface area contributed by atoms with E-state index in [2.05, 4.69) is 32.5 Å². The molecule has 2 aromatic rings. The number of hydrogen-bond acceptors (Lipinski definition) is 3. The third-order valence-corrected chi connectivity index (χ3v) is 6.29. The van der Waals surface area contributed by atoms with Crippen LogP contribution >= 0.6 is 11.6 Å². The first kappa shape index (κ1) is 22.1. The molecular weight excluding hydrogens is 400 g/mol. The number of rotatable bonds is 6. The van der Waals surface area contributed by atoms with Crippen LogP contribution in [0.15, 0.2) is 48.5 Å². The first-order valence-electron chi connectivity index (χ1n) is 9.95. The number of nitrogens with zero attached hydrogens (tertiary/aromatic N) is 2. The quantitative estimate of drug-likeness (QED) is 0.645. The molecule has 2 aromatic carbocycles. The van der Waals surface area contributed by atoms with Crippen molar-refractivity contribution in [3.8, 4) is 5.75 Å². The van der Waals surface area contributed by atoms with Crippen molar-refractivity contribution in [1.82, 2.24) is 4.90 Å². The molecule has 0 heterocycles. The van der Waals surface area contributed by atoms with Gasteiger partial charge in [-0.15, -0.1) is 0 Å². The van der Waals surface area contributed by atoms with E-state index >= 15 is 0 Å². The van der Waals surface area contributed by atoms with Gasteiger partial charge in [0.25, 0.3) is 5.91 Å². The van der Waals surface area contributed by atoms with Crippen molar-refractivity contribution in [2.24, 2.45) is 10.8 Å². The fourth-order valence-corrected chi connectivity index (χ4v) is 5.42. The normalized spacial score (nSPS) is 21.2. The Bertz CT molecular complexity index is 950. The Hall–Kier alpha value is -2.55. The van der Waals surface area contributed by atoms with Crippen molar-refractivity contribution in [3.63, 3.8) is 0 Å². The zero-order valence-electron chi connectivity index (χ0n) is 17.7. The van der Waals surface area contributed by atoms with E-state index in [1.165, 1.54) is 0 Å². The van der Waals surface area contributed by atoms with Gasteiger partial charge in [0.05, 0.1) is 18.2 Å². The molecule has 1 fully saturated rings. The van der Waals surface area contributed by atoms with E-state index in [9.17, 15) is 9.90 Å². The van der Waals surface area contributed by atoms with Crippen molar-refractivity contribution < 1.29 is 14.6 Å². The van der Waals surface area contributed by atoms with Crippen LogP contribution in [0.3, 0.4) is 0 Å². The maximum absolute atomic E-state index is 13.3. The van der Waals surface area contributed by atoms with Crippen LogP contribution < -0.4 is 4.74 Å². The zero-order valence-corrected chi connectivity index (χ0v) is 18.5. The van der Waals surface area contributed by atoms with E-state index in [1.54, 1.807) is 35.2 Å². The van der Waals surface area contributed by atoms with E-state index in [-0.39, 0.29) is 42.0 Å². The number of ether oxygens (including phenoxy) is 1. The van der Waals surface area contributed by atoms with Gasteiger partial charge in [0.2, 0.25) is 5.69 Å². The molecule has 0 atom stereocenters. The van der Waals surface area contributed by atoms with Crippen LogP contribution in [0.4, 0.5) is 5.69 Å². The number of amides is 1. The number of aliphatic hydroxyl groups excluding tert-OH is 1. The molecule has 0 radical (unpaired) electrons. The van der Waals surface area contributed by atoms with Gasteiger partial charge in [-0.2, -0.15) is 0 Å². The summed E-state index contributed by atoms with van der Waals surface area (Å²) in [5.74, 6) is 0.499. The van der Waals surface area contributed by atoms with Gasteiger partial charge in [0, 0.05) is 29.0 Å². The van der Waals surface area contributed by atoms with Crippen LogP contribution in [-0.4, -0.2) is 41.2 Å². The van der Waals surface area contributed by atoms with Gasteiger partial charge in [-0.1, -0.05) is 63.6 Å². The first-order chi connectivity index (χ1) is 14.1. The van der Waals surface area contributed by atoms with Gasteiger partial charge in [-0.05, 0) is 24.3 Å². The summed E-state index contributed by atoms with van der Waals surface area (Å²) in [6.07, 6.45) is -0.186. The average Bonchev–Trinajstić information content (AvgIpc) is 2.71. The Kier molecular flexibility index (Phi) is 6.12. The van der Waals surface area contributed by atoms with E-state index in [1.807, 2.05) is 18.2 Å². The topological polar surface area (TPSA) is 54.1 Å². The van der Waals surface area contributed by atoms with Crippen molar-refractivity contribution >= 4 is 23.2 Å². The summed E-state index contributed by atoms with van der Waals surface area (Å²) in [5.41, 5.74) is 0.252. The Balaban J connectivity index is 1.88. The number of aliphatic hydroxyl groups is 1. The molecule has 5 nitrogen and oxygen atoms in total. The highest BCUT2D eigenvalue weighted by atomic mass is 35.5. The monoisotopic (exact) mass is 426 g/mol. The van der Waals surface area contributed by atoms with E-state index in [0.717, 1.165) is 0 Å². The molecule has 6 heteroatoms. The van der Waals surface area contributed by atoms with E-state index in [0.29, 0.717) is 22.0 Å². The number of benzene rings is 2. The number of hydrogen-bond donors (Lipinski definition) is 1. The Morgan fingerprint density at radius 3 is 2.33 bits per heavy atom. The predicted octanol–water partition coefficient (Wildman–Crippen LogP) is 5.21. The van der Waals surface area contributed by atoms with Gasteiger partial charge in [-0.3, -0.25) is 4.79 Å². The molecule has 1 N–H and O–H groups in total. The van der Waals surface area contributed by atoms with Crippen LogP contribution in [-0.2, 0) is 0 Å². The van der Waals surface area contributed by atoms with Crippen LogP contribution in [0.1, 0.15) is 38.1 Å². The molecular formula is C24H27ClN2O3. The van der Waals surface area contributed by atoms with Gasteiger partial charge in [0.1, 0.15) is 11.9 Å². The second kappa shape index (κ2) is 8.29. The highest BCUT2D eigenvalue weighted by Gasteiger charge is 2.66. The Morgan fingerprint density at radius 1 is 1.17 bits per heavy atom. The molecule has 0 saturated heterocycles. The molecule has 1 saturated carbocycles. The minimum absolute atomic E-state index is 0.0984. The van der Waals surface area contributed by atoms with Crippen molar-refractivity contribution in [3.05, 3.63) is 70.5 Å². The summed E-state index contributed by atoms with van der Waals surface area (Å²) in [7, 11) is 0. The molecule has 0 spiro atoms. The summed E-state index contributed by atoms with van der Waals surface area (Å²) in [4.78, 5) is 18.4. The standard InChI is InChI=1S/C24H27ClN2O3/c1-23(2)21(27(13-14-28)20(29)16-9-7-6-8-10-16)24(3,4)22(23)30-17-11-12-19(26-5)18(25)15-17/h6-12,15,21-22,28H,13-14H2,1-4H3. The van der Waals surface area contributed by atoms with Crippen LogP contribution in [0, 0.1) is 17.4 Å². The van der Waals surface area contributed by atoms with Gasteiger partial charge in [-0.25, -0.2) is 4.85 Å². The second-order valence-electron chi connectivity index (χ2n) is 8.86. The smallest absolute Gasteiger partial charge is 0.254 e. The fraction of sp³-hybridized carbons (Fsp3) is 0.417. The van der Waals surface area contributed by atoms with Gasteiger partial charge < -0.3 is 14.7 Å². The van der Waals surface area contributed by atoms with Crippen LogP contribution in [0.5, 0.6) is 5.75 Å². The molecule has 158 valence electrons. The zero-order chi connectivity index (χ0) is 22.1. The number of halogens is 1. The largest absolute Gasteiger partial charge is 0.489 e. The molecule has 1 amide bonds. The lowest BCUT2D eigenvalue weighted by Gasteiger charge is -2.65. The molecule has 1 aliphatic rings. The van der Waals surface area contributed by atoms with Crippen molar-refractivity contribution in [2.75, 3.05) is 13.2 Å². The summed E-state index contributed by atoms with van der Waals surface area (Å²) < 4.78 is 6.32. The molecule has 1 aliphatic carbocycles. The molecule has 0 bridgehead atoms. The third-order valence-electron chi connectivity index (χ3n) is 5.99. The molecule has 0 unspecified atom stereocenters. The van der Waals surface area contributed by atoms with Crippen LogP contribution in [0.25, 0.3) is 4.85 Å². The fourth-order valence-electron chi connectivity index (χ4n) is 5.21. The predicted molar refractivity (Wildman–Crippen MR) is 118 cm³/mol. The molecule has 30 heavy (non-hydrogen) atoms. The second-order valence-corrected chi connectivity index (χ2v) is 9.26. The Labute approximate surface area is 183 Å². The van der Waals surface area contributed by atoms with Gasteiger partial charge >= 0.3 is 0 Å². The van der Waals surface area contributed by atoms with Crippen molar-refractivity contribution in [1.29, 1.82) is 0 Å².